The lowest BCUT2D eigenvalue weighted by Gasteiger charge is -2.30. The molecule has 1 saturated heterocycles. The van der Waals surface area contributed by atoms with E-state index >= 15 is 0 Å². The number of rotatable bonds is 7. The summed E-state index contributed by atoms with van der Waals surface area (Å²) in [6.45, 7) is 11.0. The molecule has 0 spiro atoms. The van der Waals surface area contributed by atoms with Crippen molar-refractivity contribution < 1.29 is 9.64 Å². The maximum atomic E-state index is 5.93. The van der Waals surface area contributed by atoms with Crippen LogP contribution in [0.15, 0.2) is 28.6 Å². The lowest BCUT2D eigenvalue weighted by atomic mass is 10.2. The molecule has 1 aliphatic heterocycles. The van der Waals surface area contributed by atoms with Crippen LogP contribution in [0, 0.1) is 12.8 Å². The number of benzene rings is 1. The summed E-state index contributed by atoms with van der Waals surface area (Å²) in [5.74, 6) is 1.68. The number of morpholine rings is 1. The Morgan fingerprint density at radius 3 is 3.08 bits per heavy atom. The van der Waals surface area contributed by atoms with Crippen molar-refractivity contribution in [1.29, 1.82) is 0 Å². The maximum absolute atomic E-state index is 5.93. The zero-order chi connectivity index (χ0) is 17.6. The molecule has 7 heteroatoms. The molecule has 1 fully saturated rings. The Hall–Kier alpha value is -1.15. The van der Waals surface area contributed by atoms with E-state index < -0.39 is 0 Å². The van der Waals surface area contributed by atoms with Gasteiger partial charge in [-0.3, -0.25) is 0 Å². The number of aryl methyl sites for hydroxylation is 1. The minimum Gasteiger partial charge on any atom is -0.366 e. The molecule has 1 aromatic heterocycles. The molecule has 1 aliphatic rings. The van der Waals surface area contributed by atoms with E-state index in [0.717, 1.165) is 46.5 Å². The molecule has 1 aromatic carbocycles. The van der Waals surface area contributed by atoms with Gasteiger partial charge >= 0.3 is 0 Å². The van der Waals surface area contributed by atoms with Crippen LogP contribution in [0.1, 0.15) is 19.4 Å². The van der Waals surface area contributed by atoms with E-state index in [1.54, 1.807) is 28.0 Å². The van der Waals surface area contributed by atoms with Crippen LogP contribution in [0.5, 0.6) is 0 Å². The minimum atomic E-state index is 0.310. The van der Waals surface area contributed by atoms with Crippen LogP contribution in [0.2, 0.25) is 0 Å². The molecule has 25 heavy (non-hydrogen) atoms. The summed E-state index contributed by atoms with van der Waals surface area (Å²) in [5, 5.41) is 12.7. The van der Waals surface area contributed by atoms with Crippen LogP contribution < -0.4 is 10.2 Å². The third kappa shape index (κ3) is 5.95. The molecular weight excluding hydrogens is 352 g/mol. The van der Waals surface area contributed by atoms with Gasteiger partial charge in [0.2, 0.25) is 5.13 Å². The van der Waals surface area contributed by atoms with Crippen LogP contribution in [-0.4, -0.2) is 48.3 Å². The minimum absolute atomic E-state index is 0.310. The maximum Gasteiger partial charge on any atom is 0.210 e. The SMILES string of the molecule is Cc1cccc(Nc2nnc(SC[C@H]3C[NH+](CC(C)C)CCO3)s2)c1. The molecule has 136 valence electrons. The highest BCUT2D eigenvalue weighted by molar-refractivity contribution is 8.01. The van der Waals surface area contributed by atoms with Gasteiger partial charge in [-0.25, -0.2) is 0 Å². The van der Waals surface area contributed by atoms with Crippen molar-refractivity contribution in [2.45, 2.75) is 31.2 Å². The van der Waals surface area contributed by atoms with E-state index in [4.69, 9.17) is 4.74 Å². The van der Waals surface area contributed by atoms with Crippen LogP contribution in [-0.2, 0) is 4.74 Å². The first-order valence-corrected chi connectivity index (χ1v) is 10.6. The number of nitrogens with one attached hydrogen (secondary N) is 2. The fourth-order valence-corrected chi connectivity index (χ4v) is 4.87. The van der Waals surface area contributed by atoms with Gasteiger partial charge in [0.25, 0.3) is 0 Å². The van der Waals surface area contributed by atoms with Crippen molar-refractivity contribution in [2.75, 3.05) is 37.3 Å². The number of aromatic nitrogens is 2. The van der Waals surface area contributed by atoms with Crippen molar-refractivity contribution in [2.24, 2.45) is 5.92 Å². The molecule has 1 unspecified atom stereocenters. The number of hydrogen-bond acceptors (Lipinski definition) is 6. The smallest absolute Gasteiger partial charge is 0.210 e. The molecule has 0 bridgehead atoms. The monoisotopic (exact) mass is 379 g/mol. The lowest BCUT2D eigenvalue weighted by Crippen LogP contribution is -3.15. The van der Waals surface area contributed by atoms with Crippen molar-refractivity contribution in [1.82, 2.24) is 10.2 Å². The average molecular weight is 380 g/mol. The summed E-state index contributed by atoms with van der Waals surface area (Å²) in [5.41, 5.74) is 2.28. The predicted octanol–water partition coefficient (Wildman–Crippen LogP) is 2.62. The summed E-state index contributed by atoms with van der Waals surface area (Å²) in [7, 11) is 0. The normalized spacial score (nSPS) is 20.8. The van der Waals surface area contributed by atoms with E-state index in [0.29, 0.717) is 6.10 Å². The highest BCUT2D eigenvalue weighted by Gasteiger charge is 2.24. The summed E-state index contributed by atoms with van der Waals surface area (Å²) in [4.78, 5) is 1.66. The quantitative estimate of drug-likeness (QED) is 0.725. The fraction of sp³-hybridized carbons (Fsp3) is 0.556. The van der Waals surface area contributed by atoms with Gasteiger partial charge in [-0.1, -0.05) is 49.1 Å². The number of thioether (sulfide) groups is 1. The van der Waals surface area contributed by atoms with Crippen LogP contribution in [0.25, 0.3) is 0 Å². The zero-order valence-corrected chi connectivity index (χ0v) is 16.8. The standard InChI is InChI=1S/C18H26N4OS2/c1-13(2)10-22-7-8-23-16(11-22)12-24-18-21-20-17(25-18)19-15-6-4-5-14(3)9-15/h4-6,9,13,16H,7-8,10-12H2,1-3H3,(H,19,20)/p+1/t16-/m1/s1. The second kappa shape index (κ2) is 8.98. The molecule has 2 N–H and O–H groups in total. The van der Waals surface area contributed by atoms with Gasteiger partial charge in [-0.15, -0.1) is 10.2 Å². The summed E-state index contributed by atoms with van der Waals surface area (Å²) >= 11 is 3.35. The predicted molar refractivity (Wildman–Crippen MR) is 105 cm³/mol. The number of nitrogens with zero attached hydrogens (tertiary/aromatic N) is 2. The Morgan fingerprint density at radius 2 is 2.28 bits per heavy atom. The Labute approximate surface area is 158 Å². The second-order valence-corrected chi connectivity index (χ2v) is 9.22. The van der Waals surface area contributed by atoms with Gasteiger partial charge in [0.05, 0.1) is 13.2 Å². The molecule has 0 saturated carbocycles. The van der Waals surface area contributed by atoms with Gasteiger partial charge in [-0.05, 0) is 24.6 Å². The Morgan fingerprint density at radius 1 is 1.40 bits per heavy atom. The van der Waals surface area contributed by atoms with Crippen LogP contribution in [0.3, 0.4) is 0 Å². The Kier molecular flexibility index (Phi) is 6.70. The Balaban J connectivity index is 1.48. The van der Waals surface area contributed by atoms with Gasteiger partial charge in [-0.2, -0.15) is 0 Å². The summed E-state index contributed by atoms with van der Waals surface area (Å²) < 4.78 is 6.92. The third-order valence-corrected chi connectivity index (χ3v) is 6.19. The van der Waals surface area contributed by atoms with E-state index in [2.05, 4.69) is 48.4 Å². The highest BCUT2D eigenvalue weighted by atomic mass is 32.2. The molecule has 0 aliphatic carbocycles. The molecular formula is C18H27N4OS2+. The topological polar surface area (TPSA) is 51.5 Å². The van der Waals surface area contributed by atoms with E-state index in [-0.39, 0.29) is 0 Å². The van der Waals surface area contributed by atoms with Crippen molar-refractivity contribution in [3.8, 4) is 0 Å². The summed E-state index contributed by atoms with van der Waals surface area (Å²) in [6, 6.07) is 8.28. The van der Waals surface area contributed by atoms with Crippen molar-refractivity contribution in [3.05, 3.63) is 29.8 Å². The van der Waals surface area contributed by atoms with Crippen LogP contribution in [0.4, 0.5) is 10.8 Å². The van der Waals surface area contributed by atoms with Gasteiger partial charge in [0, 0.05) is 17.4 Å². The highest BCUT2D eigenvalue weighted by Crippen LogP contribution is 2.28. The molecule has 0 radical (unpaired) electrons. The fourth-order valence-electron chi connectivity index (χ4n) is 3.05. The van der Waals surface area contributed by atoms with E-state index in [9.17, 15) is 0 Å². The third-order valence-electron chi connectivity index (χ3n) is 4.09. The molecule has 5 nitrogen and oxygen atoms in total. The molecule has 2 atom stereocenters. The molecule has 0 amide bonds. The van der Waals surface area contributed by atoms with Crippen LogP contribution >= 0.6 is 23.1 Å². The van der Waals surface area contributed by atoms with E-state index in [1.807, 2.05) is 12.1 Å². The first-order chi connectivity index (χ1) is 12.1. The second-order valence-electron chi connectivity index (χ2n) is 6.97. The van der Waals surface area contributed by atoms with Gasteiger partial charge < -0.3 is 15.0 Å². The molecule has 3 rings (SSSR count). The number of hydrogen-bond donors (Lipinski definition) is 2. The average Bonchev–Trinajstić information content (AvgIpc) is 3.00. The van der Waals surface area contributed by atoms with Gasteiger partial charge in [0.15, 0.2) is 4.34 Å². The Bertz CT molecular complexity index is 677. The molecule has 2 heterocycles. The number of anilines is 2. The largest absolute Gasteiger partial charge is 0.366 e. The van der Waals surface area contributed by atoms with Crippen molar-refractivity contribution >= 4 is 33.9 Å². The van der Waals surface area contributed by atoms with E-state index in [1.165, 1.54) is 12.1 Å². The lowest BCUT2D eigenvalue weighted by molar-refractivity contribution is -0.914. The molecule has 2 aromatic rings. The van der Waals surface area contributed by atoms with Crippen molar-refractivity contribution in [3.63, 3.8) is 0 Å². The van der Waals surface area contributed by atoms with Gasteiger partial charge in [0.1, 0.15) is 19.2 Å². The first-order valence-electron chi connectivity index (χ1n) is 8.83. The number of quaternary nitrogens is 1. The summed E-state index contributed by atoms with van der Waals surface area (Å²) in [6.07, 6.45) is 0.310. The first kappa shape index (κ1) is 18.6. The zero-order valence-electron chi connectivity index (χ0n) is 15.1. The number of ether oxygens (including phenoxy) is 1.